The van der Waals surface area contributed by atoms with Gasteiger partial charge >= 0.3 is 0 Å². The van der Waals surface area contributed by atoms with Crippen molar-refractivity contribution in [2.45, 2.75) is 13.1 Å². The Hall–Kier alpha value is -1.04. The molecular formula is C11H14OSi. The third-order valence-corrected chi connectivity index (χ3v) is 5.00. The van der Waals surface area contributed by atoms with Crippen molar-refractivity contribution in [3.8, 4) is 12.3 Å². The molecule has 0 saturated carbocycles. The zero-order chi connectivity index (χ0) is 9.90. The molecule has 0 aliphatic carbocycles. The van der Waals surface area contributed by atoms with Crippen molar-refractivity contribution in [2.75, 3.05) is 7.11 Å². The van der Waals surface area contributed by atoms with Gasteiger partial charge in [-0.3, -0.25) is 0 Å². The van der Waals surface area contributed by atoms with Gasteiger partial charge in [-0.25, -0.2) is 0 Å². The molecule has 0 aromatic heterocycles. The van der Waals surface area contributed by atoms with E-state index in [2.05, 4.69) is 31.1 Å². The normalized spacial score (nSPS) is 10.9. The zero-order valence-electron chi connectivity index (χ0n) is 8.29. The minimum Gasteiger partial charge on any atom is -0.416 e. The average Bonchev–Trinajstić information content (AvgIpc) is 2.18. The van der Waals surface area contributed by atoms with E-state index in [1.54, 1.807) is 7.11 Å². The van der Waals surface area contributed by atoms with Crippen molar-refractivity contribution in [1.29, 1.82) is 0 Å². The highest BCUT2D eigenvalue weighted by atomic mass is 28.4. The fourth-order valence-electron chi connectivity index (χ4n) is 1.09. The van der Waals surface area contributed by atoms with Crippen LogP contribution in [0.1, 0.15) is 5.56 Å². The molecule has 2 heteroatoms. The van der Waals surface area contributed by atoms with E-state index in [1.165, 1.54) is 5.19 Å². The van der Waals surface area contributed by atoms with Gasteiger partial charge in [-0.2, -0.15) is 0 Å². The Morgan fingerprint density at radius 1 is 1.23 bits per heavy atom. The second-order valence-electron chi connectivity index (χ2n) is 3.44. The number of hydrogen-bond donors (Lipinski definition) is 0. The predicted octanol–water partition coefficient (Wildman–Crippen LogP) is 1.73. The van der Waals surface area contributed by atoms with Crippen LogP contribution >= 0.6 is 0 Å². The molecule has 0 spiro atoms. The maximum Gasteiger partial charge on any atom is 0.217 e. The van der Waals surface area contributed by atoms with Crippen LogP contribution in [-0.4, -0.2) is 15.4 Å². The average molecular weight is 190 g/mol. The van der Waals surface area contributed by atoms with E-state index in [0.29, 0.717) is 0 Å². The Morgan fingerprint density at radius 3 is 2.15 bits per heavy atom. The summed E-state index contributed by atoms with van der Waals surface area (Å²) < 4.78 is 5.48. The van der Waals surface area contributed by atoms with Crippen molar-refractivity contribution < 1.29 is 4.43 Å². The van der Waals surface area contributed by atoms with Gasteiger partial charge in [0.15, 0.2) is 0 Å². The maximum atomic E-state index is 5.48. The van der Waals surface area contributed by atoms with Crippen LogP contribution in [0, 0.1) is 12.3 Å². The van der Waals surface area contributed by atoms with Crippen molar-refractivity contribution in [1.82, 2.24) is 0 Å². The molecule has 0 aliphatic heterocycles. The van der Waals surface area contributed by atoms with E-state index < -0.39 is 8.32 Å². The minimum absolute atomic E-state index is 0.921. The molecule has 1 rings (SSSR count). The van der Waals surface area contributed by atoms with Crippen LogP contribution in [0.3, 0.4) is 0 Å². The second kappa shape index (κ2) is 3.78. The highest BCUT2D eigenvalue weighted by molar-refractivity contribution is 6.84. The standard InChI is InChI=1S/C11H14OSi/c1-5-10-6-8-11(9-7-10)13(3,4)12-2/h1,6-9H,2-4H3. The van der Waals surface area contributed by atoms with E-state index in [1.807, 2.05) is 12.1 Å². The molecule has 0 heterocycles. The third-order valence-electron chi connectivity index (χ3n) is 2.26. The number of rotatable bonds is 2. The van der Waals surface area contributed by atoms with Crippen LogP contribution in [0.2, 0.25) is 13.1 Å². The molecule has 0 aliphatic rings. The molecule has 68 valence electrons. The van der Waals surface area contributed by atoms with Crippen LogP contribution < -0.4 is 5.19 Å². The SMILES string of the molecule is C#Cc1ccc([Si](C)(C)OC)cc1. The molecule has 0 radical (unpaired) electrons. The molecule has 1 aromatic rings. The lowest BCUT2D eigenvalue weighted by Gasteiger charge is -2.20. The quantitative estimate of drug-likeness (QED) is 0.510. The van der Waals surface area contributed by atoms with Crippen molar-refractivity contribution >= 4 is 13.5 Å². The van der Waals surface area contributed by atoms with Gasteiger partial charge in [-0.05, 0) is 30.4 Å². The van der Waals surface area contributed by atoms with Gasteiger partial charge in [0.2, 0.25) is 8.32 Å². The fourth-order valence-corrected chi connectivity index (χ4v) is 2.29. The number of terminal acetylenes is 1. The van der Waals surface area contributed by atoms with Crippen LogP contribution in [0.25, 0.3) is 0 Å². The van der Waals surface area contributed by atoms with E-state index in [4.69, 9.17) is 10.8 Å². The minimum atomic E-state index is -1.66. The smallest absolute Gasteiger partial charge is 0.217 e. The molecule has 1 nitrogen and oxygen atoms in total. The summed E-state index contributed by atoms with van der Waals surface area (Å²) in [5, 5.41) is 1.27. The van der Waals surface area contributed by atoms with E-state index in [0.717, 1.165) is 5.56 Å². The molecule has 13 heavy (non-hydrogen) atoms. The van der Waals surface area contributed by atoms with Crippen LogP contribution in [0.5, 0.6) is 0 Å². The largest absolute Gasteiger partial charge is 0.416 e. The molecule has 0 bridgehead atoms. The Labute approximate surface area is 80.9 Å². The first kappa shape index (κ1) is 10.0. The van der Waals surface area contributed by atoms with Crippen LogP contribution in [-0.2, 0) is 4.43 Å². The summed E-state index contributed by atoms with van der Waals surface area (Å²) in [6.07, 6.45) is 5.27. The molecule has 0 unspecified atom stereocenters. The predicted molar refractivity (Wildman–Crippen MR) is 58.5 cm³/mol. The van der Waals surface area contributed by atoms with Crippen molar-refractivity contribution in [3.63, 3.8) is 0 Å². The Bertz CT molecular complexity index is 319. The molecule has 1 aromatic carbocycles. The summed E-state index contributed by atoms with van der Waals surface area (Å²) in [5.41, 5.74) is 0.921. The van der Waals surface area contributed by atoms with Crippen molar-refractivity contribution in [2.24, 2.45) is 0 Å². The molecule has 0 atom stereocenters. The summed E-state index contributed by atoms with van der Waals surface area (Å²) in [6.45, 7) is 4.33. The first-order valence-corrected chi connectivity index (χ1v) is 7.13. The first-order chi connectivity index (χ1) is 6.10. The van der Waals surface area contributed by atoms with Gasteiger partial charge in [-0.15, -0.1) is 6.42 Å². The third kappa shape index (κ3) is 2.21. The van der Waals surface area contributed by atoms with Gasteiger partial charge in [0.1, 0.15) is 0 Å². The molecule has 0 saturated heterocycles. The summed E-state index contributed by atoms with van der Waals surface area (Å²) in [4.78, 5) is 0. The highest BCUT2D eigenvalue weighted by Crippen LogP contribution is 2.04. The fraction of sp³-hybridized carbons (Fsp3) is 0.273. The van der Waals surface area contributed by atoms with Gasteiger partial charge in [0, 0.05) is 12.7 Å². The molecule has 0 fully saturated rings. The highest BCUT2D eigenvalue weighted by Gasteiger charge is 2.22. The summed E-state index contributed by atoms with van der Waals surface area (Å²) in [5.74, 6) is 2.60. The van der Waals surface area contributed by atoms with E-state index in [9.17, 15) is 0 Å². The summed E-state index contributed by atoms with van der Waals surface area (Å²) in [6, 6.07) is 8.04. The lowest BCUT2D eigenvalue weighted by atomic mass is 10.2. The van der Waals surface area contributed by atoms with Gasteiger partial charge in [0.05, 0.1) is 0 Å². The van der Waals surface area contributed by atoms with E-state index in [-0.39, 0.29) is 0 Å². The van der Waals surface area contributed by atoms with Crippen LogP contribution in [0.15, 0.2) is 24.3 Å². The van der Waals surface area contributed by atoms with Gasteiger partial charge in [-0.1, -0.05) is 18.1 Å². The first-order valence-electron chi connectivity index (χ1n) is 4.22. The molecular weight excluding hydrogens is 176 g/mol. The lowest BCUT2D eigenvalue weighted by Crippen LogP contribution is -2.43. The summed E-state index contributed by atoms with van der Waals surface area (Å²) in [7, 11) is 0.108. The lowest BCUT2D eigenvalue weighted by molar-refractivity contribution is 0.416. The number of benzene rings is 1. The van der Waals surface area contributed by atoms with Gasteiger partial charge < -0.3 is 4.43 Å². The Balaban J connectivity index is 3.00. The molecule has 0 N–H and O–H groups in total. The molecule has 0 amide bonds. The maximum absolute atomic E-state index is 5.48. The topological polar surface area (TPSA) is 9.23 Å². The zero-order valence-corrected chi connectivity index (χ0v) is 9.29. The van der Waals surface area contributed by atoms with Crippen molar-refractivity contribution in [3.05, 3.63) is 29.8 Å². The van der Waals surface area contributed by atoms with Crippen LogP contribution in [0.4, 0.5) is 0 Å². The van der Waals surface area contributed by atoms with E-state index >= 15 is 0 Å². The summed E-state index contributed by atoms with van der Waals surface area (Å²) >= 11 is 0. The monoisotopic (exact) mass is 190 g/mol. The second-order valence-corrected chi connectivity index (χ2v) is 7.44. The Kier molecular flexibility index (Phi) is 2.92. The van der Waals surface area contributed by atoms with Gasteiger partial charge in [0.25, 0.3) is 0 Å². The Morgan fingerprint density at radius 2 is 1.77 bits per heavy atom. The number of hydrogen-bond acceptors (Lipinski definition) is 1.